The number of anilines is 1. The third-order valence-electron chi connectivity index (χ3n) is 4.87. The summed E-state index contributed by atoms with van der Waals surface area (Å²) in [7, 11) is -3.31. The number of aromatic nitrogens is 1. The van der Waals surface area contributed by atoms with Crippen LogP contribution >= 0.6 is 11.6 Å². The first-order valence-electron chi connectivity index (χ1n) is 9.51. The van der Waals surface area contributed by atoms with Gasteiger partial charge in [-0.25, -0.2) is 17.8 Å². The quantitative estimate of drug-likeness (QED) is 0.720. The molecule has 2 aromatic rings. The van der Waals surface area contributed by atoms with Crippen LogP contribution in [0.5, 0.6) is 0 Å². The maximum atomic E-state index is 14.7. The summed E-state index contributed by atoms with van der Waals surface area (Å²) < 4.78 is 37.1. The first kappa shape index (κ1) is 22.2. The molecule has 1 aliphatic rings. The largest absolute Gasteiger partial charge is 0.349 e. The SMILES string of the molecule is C[C@H](/C=C/S(C)(=O)=O)NC(=O)c1cnc(N2CCC[C@H]2c2ccccc2Cl)cc1F. The summed E-state index contributed by atoms with van der Waals surface area (Å²) in [6.07, 6.45) is 5.38. The zero-order valence-corrected chi connectivity index (χ0v) is 18.3. The van der Waals surface area contributed by atoms with Crippen LogP contribution in [0.15, 0.2) is 48.0 Å². The van der Waals surface area contributed by atoms with Gasteiger partial charge in [-0.3, -0.25) is 4.79 Å². The van der Waals surface area contributed by atoms with Gasteiger partial charge in [-0.15, -0.1) is 0 Å². The predicted molar refractivity (Wildman–Crippen MR) is 116 cm³/mol. The minimum Gasteiger partial charge on any atom is -0.349 e. The predicted octanol–water partition coefficient (Wildman–Crippen LogP) is 3.89. The van der Waals surface area contributed by atoms with Gasteiger partial charge in [-0.2, -0.15) is 0 Å². The highest BCUT2D eigenvalue weighted by molar-refractivity contribution is 7.93. The molecule has 3 rings (SSSR count). The van der Waals surface area contributed by atoms with Crippen LogP contribution in [0.1, 0.15) is 41.7 Å². The molecule has 1 fully saturated rings. The lowest BCUT2D eigenvalue weighted by atomic mass is 10.0. The van der Waals surface area contributed by atoms with Crippen molar-refractivity contribution in [3.05, 3.63) is 70.0 Å². The van der Waals surface area contributed by atoms with Crippen molar-refractivity contribution in [1.82, 2.24) is 10.3 Å². The van der Waals surface area contributed by atoms with E-state index in [0.29, 0.717) is 17.4 Å². The van der Waals surface area contributed by atoms with Crippen molar-refractivity contribution in [2.24, 2.45) is 0 Å². The van der Waals surface area contributed by atoms with Crippen LogP contribution in [0, 0.1) is 5.82 Å². The summed E-state index contributed by atoms with van der Waals surface area (Å²) in [6.45, 7) is 2.30. The van der Waals surface area contributed by atoms with Gasteiger partial charge in [0.2, 0.25) is 0 Å². The molecule has 1 saturated heterocycles. The standard InChI is InChI=1S/C21H23ClFN3O3S/c1-14(9-11-30(2,28)29)25-21(27)16-13-24-20(12-18(16)23)26-10-5-8-19(26)15-6-3-4-7-17(15)22/h3-4,6-7,9,11-14,19H,5,8,10H2,1-2H3,(H,25,27)/b11-9+/t14-,19+/m1/s1. The van der Waals surface area contributed by atoms with Crippen LogP contribution in [-0.4, -0.2) is 38.2 Å². The van der Waals surface area contributed by atoms with Crippen LogP contribution in [0.4, 0.5) is 10.2 Å². The Balaban J connectivity index is 1.77. The summed E-state index contributed by atoms with van der Waals surface area (Å²) in [6, 6.07) is 8.21. The third kappa shape index (κ3) is 5.37. The van der Waals surface area contributed by atoms with Crippen LogP contribution < -0.4 is 10.2 Å². The molecule has 2 atom stereocenters. The molecule has 0 aliphatic carbocycles. The average molecular weight is 452 g/mol. The normalized spacial score (nSPS) is 18.0. The number of nitrogens with zero attached hydrogens (tertiary/aromatic N) is 2. The van der Waals surface area contributed by atoms with Gasteiger partial charge in [-0.05, 0) is 31.4 Å². The van der Waals surface area contributed by atoms with E-state index in [1.54, 1.807) is 6.92 Å². The van der Waals surface area contributed by atoms with Crippen molar-refractivity contribution in [3.8, 4) is 0 Å². The topological polar surface area (TPSA) is 79.4 Å². The summed E-state index contributed by atoms with van der Waals surface area (Å²) >= 11 is 6.34. The summed E-state index contributed by atoms with van der Waals surface area (Å²) in [4.78, 5) is 18.7. The van der Waals surface area contributed by atoms with Gasteiger partial charge in [0.25, 0.3) is 5.91 Å². The van der Waals surface area contributed by atoms with Crippen LogP contribution in [0.2, 0.25) is 5.02 Å². The molecule has 1 aromatic carbocycles. The molecule has 1 N–H and O–H groups in total. The highest BCUT2D eigenvalue weighted by Gasteiger charge is 2.29. The smallest absolute Gasteiger partial charge is 0.256 e. The van der Waals surface area contributed by atoms with E-state index < -0.39 is 27.6 Å². The van der Waals surface area contributed by atoms with Gasteiger partial charge < -0.3 is 10.2 Å². The number of hydrogen-bond donors (Lipinski definition) is 1. The van der Waals surface area contributed by atoms with E-state index in [2.05, 4.69) is 10.3 Å². The van der Waals surface area contributed by atoms with Crippen molar-refractivity contribution in [2.45, 2.75) is 31.8 Å². The Hall–Kier alpha value is -2.45. The van der Waals surface area contributed by atoms with Crippen molar-refractivity contribution in [2.75, 3.05) is 17.7 Å². The van der Waals surface area contributed by atoms with E-state index >= 15 is 0 Å². The summed E-state index contributed by atoms with van der Waals surface area (Å²) in [5, 5.41) is 4.19. The Labute approximate surface area is 180 Å². The van der Waals surface area contributed by atoms with Gasteiger partial charge >= 0.3 is 0 Å². The van der Waals surface area contributed by atoms with Gasteiger partial charge in [-0.1, -0.05) is 35.9 Å². The summed E-state index contributed by atoms with van der Waals surface area (Å²) in [5.74, 6) is -0.917. The molecular weight excluding hydrogens is 429 g/mol. The van der Waals surface area contributed by atoms with Crippen LogP contribution in [0.25, 0.3) is 0 Å². The zero-order valence-electron chi connectivity index (χ0n) is 16.7. The highest BCUT2D eigenvalue weighted by atomic mass is 35.5. The fourth-order valence-corrected chi connectivity index (χ4v) is 4.23. The minimum absolute atomic E-state index is 0.00794. The maximum absolute atomic E-state index is 14.7. The number of amides is 1. The minimum atomic E-state index is -3.31. The molecule has 0 bridgehead atoms. The Morgan fingerprint density at radius 2 is 2.13 bits per heavy atom. The Kier molecular flexibility index (Phi) is 6.77. The number of carbonyl (C=O) groups excluding carboxylic acids is 1. The van der Waals surface area contributed by atoms with Gasteiger partial charge in [0, 0.05) is 41.5 Å². The monoisotopic (exact) mass is 451 g/mol. The van der Waals surface area contributed by atoms with Crippen molar-refractivity contribution < 1.29 is 17.6 Å². The van der Waals surface area contributed by atoms with Gasteiger partial charge in [0.1, 0.15) is 11.6 Å². The Bertz CT molecular complexity index is 1070. The Morgan fingerprint density at radius 1 is 1.40 bits per heavy atom. The van der Waals surface area contributed by atoms with Crippen LogP contribution in [-0.2, 0) is 9.84 Å². The fraction of sp³-hybridized carbons (Fsp3) is 0.333. The van der Waals surface area contributed by atoms with E-state index in [1.165, 1.54) is 18.3 Å². The molecule has 1 aromatic heterocycles. The molecule has 0 saturated carbocycles. The molecular formula is C21H23ClFN3O3S. The first-order valence-corrected chi connectivity index (χ1v) is 11.8. The number of rotatable bonds is 6. The zero-order chi connectivity index (χ0) is 21.9. The van der Waals surface area contributed by atoms with Crippen molar-refractivity contribution >= 4 is 33.2 Å². The maximum Gasteiger partial charge on any atom is 0.256 e. The summed E-state index contributed by atoms with van der Waals surface area (Å²) in [5.41, 5.74) is 0.763. The van der Waals surface area contributed by atoms with Crippen molar-refractivity contribution in [3.63, 3.8) is 0 Å². The molecule has 0 spiro atoms. The van der Waals surface area contributed by atoms with E-state index in [0.717, 1.165) is 30.1 Å². The second-order valence-corrected chi connectivity index (χ2v) is 9.65. The third-order valence-corrected chi connectivity index (χ3v) is 5.86. The highest BCUT2D eigenvalue weighted by Crippen LogP contribution is 2.38. The first-order chi connectivity index (χ1) is 14.2. The second-order valence-electron chi connectivity index (χ2n) is 7.32. The number of carbonyl (C=O) groups is 1. The van der Waals surface area contributed by atoms with E-state index in [1.807, 2.05) is 29.2 Å². The number of benzene rings is 1. The average Bonchev–Trinajstić information content (AvgIpc) is 3.15. The molecule has 0 radical (unpaired) electrons. The molecule has 160 valence electrons. The molecule has 1 amide bonds. The molecule has 0 unspecified atom stereocenters. The van der Waals surface area contributed by atoms with Gasteiger partial charge in [0.15, 0.2) is 9.84 Å². The second kappa shape index (κ2) is 9.14. The molecule has 9 heteroatoms. The lowest BCUT2D eigenvalue weighted by Crippen LogP contribution is -2.32. The number of pyridine rings is 1. The molecule has 2 heterocycles. The van der Waals surface area contributed by atoms with Gasteiger partial charge in [0.05, 0.1) is 11.6 Å². The molecule has 1 aliphatic heterocycles. The van der Waals surface area contributed by atoms with Crippen LogP contribution in [0.3, 0.4) is 0 Å². The Morgan fingerprint density at radius 3 is 2.80 bits per heavy atom. The number of sulfone groups is 1. The van der Waals surface area contributed by atoms with E-state index in [4.69, 9.17) is 11.6 Å². The number of nitrogens with one attached hydrogen (secondary N) is 1. The molecule has 30 heavy (non-hydrogen) atoms. The van der Waals surface area contributed by atoms with E-state index in [9.17, 15) is 17.6 Å². The molecule has 6 nitrogen and oxygen atoms in total. The number of hydrogen-bond acceptors (Lipinski definition) is 5. The lowest BCUT2D eigenvalue weighted by Gasteiger charge is -2.27. The van der Waals surface area contributed by atoms with Crippen molar-refractivity contribution in [1.29, 1.82) is 0 Å². The number of halogens is 2. The van der Waals surface area contributed by atoms with E-state index in [-0.39, 0.29) is 11.6 Å². The lowest BCUT2D eigenvalue weighted by molar-refractivity contribution is 0.0942. The fourth-order valence-electron chi connectivity index (χ4n) is 3.45.